The molecule has 0 spiro atoms. The molecule has 0 saturated heterocycles. The lowest BCUT2D eigenvalue weighted by Gasteiger charge is -2.23. The summed E-state index contributed by atoms with van der Waals surface area (Å²) in [4.78, 5) is 0. The fraction of sp³-hybridized carbons (Fsp3) is 0.394. The van der Waals surface area contributed by atoms with Gasteiger partial charge < -0.3 is 14.2 Å². The Labute approximate surface area is 242 Å². The predicted octanol–water partition coefficient (Wildman–Crippen LogP) is 9.70. The fourth-order valence-corrected chi connectivity index (χ4v) is 4.72. The second-order valence-corrected chi connectivity index (χ2v) is 10.2. The molecule has 1 aliphatic carbocycles. The van der Waals surface area contributed by atoms with Crippen molar-refractivity contribution in [2.24, 2.45) is 0 Å². The first-order valence-electron chi connectivity index (χ1n) is 14.3. The van der Waals surface area contributed by atoms with E-state index >= 15 is 8.78 Å². The zero-order chi connectivity index (χ0) is 30.2. The lowest BCUT2D eigenvalue weighted by molar-refractivity contribution is 0.0341. The van der Waals surface area contributed by atoms with E-state index in [0.717, 1.165) is 19.3 Å². The number of ether oxygens (including phenoxy) is 3. The zero-order valence-electron chi connectivity index (χ0n) is 23.7. The van der Waals surface area contributed by atoms with Crippen molar-refractivity contribution in [2.45, 2.75) is 71.5 Å². The van der Waals surface area contributed by atoms with E-state index in [0.29, 0.717) is 37.9 Å². The van der Waals surface area contributed by atoms with Crippen molar-refractivity contribution in [2.75, 3.05) is 13.2 Å². The first kappa shape index (κ1) is 31.5. The second-order valence-electron chi connectivity index (χ2n) is 10.2. The van der Waals surface area contributed by atoms with Crippen LogP contribution < -0.4 is 9.47 Å². The largest absolute Gasteiger partial charge is 0.490 e. The Kier molecular flexibility index (Phi) is 11.0. The van der Waals surface area contributed by atoms with Gasteiger partial charge in [-0.25, -0.2) is 17.6 Å². The van der Waals surface area contributed by atoms with Crippen molar-refractivity contribution < 1.29 is 40.6 Å². The number of hydrogen-bond donors (Lipinski definition) is 0. The molecule has 42 heavy (non-hydrogen) atoms. The first-order chi connectivity index (χ1) is 20.3. The van der Waals surface area contributed by atoms with Crippen LogP contribution in [0.5, 0.6) is 11.5 Å². The van der Waals surface area contributed by atoms with E-state index in [1.807, 2.05) is 13.8 Å². The molecular formula is C33H34F6O3. The molecule has 4 rings (SSSR count). The number of benzene rings is 3. The van der Waals surface area contributed by atoms with Gasteiger partial charge in [0.05, 0.1) is 25.9 Å². The molecule has 226 valence electrons. The third-order valence-electron chi connectivity index (χ3n) is 7.24. The molecule has 9 heteroatoms. The monoisotopic (exact) mass is 592 g/mol. The van der Waals surface area contributed by atoms with Crippen molar-refractivity contribution >= 4 is 5.57 Å². The SMILES string of the molecule is CCCCOc1ccc(COC2CC=C(c3ccc(-c4ccc(OCCCC)c(F)c4F)c(F)c3F)CC2)c(F)c1F. The van der Waals surface area contributed by atoms with Gasteiger partial charge in [0.1, 0.15) is 0 Å². The molecule has 0 aromatic heterocycles. The van der Waals surface area contributed by atoms with Gasteiger partial charge in [-0.15, -0.1) is 0 Å². The van der Waals surface area contributed by atoms with Gasteiger partial charge in [0, 0.05) is 22.3 Å². The lowest BCUT2D eigenvalue weighted by atomic mass is 9.90. The van der Waals surface area contributed by atoms with E-state index in [1.54, 1.807) is 6.08 Å². The molecule has 1 unspecified atom stereocenters. The van der Waals surface area contributed by atoms with Crippen LogP contribution in [-0.2, 0) is 11.3 Å². The minimum absolute atomic E-state index is 0.0156. The molecule has 0 aliphatic heterocycles. The summed E-state index contributed by atoms with van der Waals surface area (Å²) in [7, 11) is 0. The fourth-order valence-electron chi connectivity index (χ4n) is 4.72. The quantitative estimate of drug-likeness (QED) is 0.146. The molecule has 0 N–H and O–H groups in total. The van der Waals surface area contributed by atoms with Gasteiger partial charge in [-0.05, 0) is 61.9 Å². The number of hydrogen-bond acceptors (Lipinski definition) is 3. The highest BCUT2D eigenvalue weighted by Gasteiger charge is 2.25. The molecule has 0 heterocycles. The number of rotatable bonds is 13. The van der Waals surface area contributed by atoms with Gasteiger partial charge in [0.15, 0.2) is 34.8 Å². The Hall–Kier alpha value is -3.46. The van der Waals surface area contributed by atoms with Gasteiger partial charge in [0.2, 0.25) is 11.6 Å². The number of halogens is 6. The van der Waals surface area contributed by atoms with Gasteiger partial charge in [-0.2, -0.15) is 8.78 Å². The summed E-state index contributed by atoms with van der Waals surface area (Å²) in [5.74, 6) is -7.54. The minimum atomic E-state index is -1.32. The Morgan fingerprint density at radius 2 is 1.17 bits per heavy atom. The summed E-state index contributed by atoms with van der Waals surface area (Å²) < 4.78 is 105. The average Bonchev–Trinajstić information content (AvgIpc) is 2.99. The topological polar surface area (TPSA) is 27.7 Å². The number of allylic oxidation sites excluding steroid dienone is 1. The third kappa shape index (κ3) is 7.12. The van der Waals surface area contributed by atoms with Crippen LogP contribution in [0.25, 0.3) is 16.7 Å². The Morgan fingerprint density at radius 3 is 1.76 bits per heavy atom. The summed E-state index contributed by atoms with van der Waals surface area (Å²) in [6.45, 7) is 4.24. The van der Waals surface area contributed by atoms with E-state index in [2.05, 4.69) is 0 Å². The van der Waals surface area contributed by atoms with Gasteiger partial charge >= 0.3 is 0 Å². The van der Waals surface area contributed by atoms with Gasteiger partial charge in [-0.1, -0.05) is 44.9 Å². The molecule has 0 saturated carbocycles. The lowest BCUT2D eigenvalue weighted by Crippen LogP contribution is -2.16. The van der Waals surface area contributed by atoms with Gasteiger partial charge in [0.25, 0.3) is 0 Å². The predicted molar refractivity (Wildman–Crippen MR) is 149 cm³/mol. The maximum Gasteiger partial charge on any atom is 0.201 e. The molecule has 1 aliphatic rings. The van der Waals surface area contributed by atoms with E-state index in [-0.39, 0.29) is 41.9 Å². The maximum absolute atomic E-state index is 15.2. The number of unbranched alkanes of at least 4 members (excludes halogenated alkanes) is 2. The molecule has 0 fully saturated rings. The summed E-state index contributed by atoms with van der Waals surface area (Å²) >= 11 is 0. The van der Waals surface area contributed by atoms with E-state index in [1.165, 1.54) is 36.4 Å². The normalized spacial score (nSPS) is 15.0. The van der Waals surface area contributed by atoms with Crippen molar-refractivity contribution in [1.82, 2.24) is 0 Å². The maximum atomic E-state index is 15.2. The summed E-state index contributed by atoms with van der Waals surface area (Å²) in [6, 6.07) is 7.73. The van der Waals surface area contributed by atoms with Crippen LogP contribution in [0.3, 0.4) is 0 Å². The second kappa shape index (κ2) is 14.6. The highest BCUT2D eigenvalue weighted by Crippen LogP contribution is 2.37. The van der Waals surface area contributed by atoms with E-state index < -0.39 is 46.0 Å². The van der Waals surface area contributed by atoms with Crippen molar-refractivity contribution in [1.29, 1.82) is 0 Å². The Morgan fingerprint density at radius 1 is 0.643 bits per heavy atom. The molecule has 3 aromatic carbocycles. The van der Waals surface area contributed by atoms with Gasteiger partial charge in [-0.3, -0.25) is 0 Å². The van der Waals surface area contributed by atoms with Crippen molar-refractivity contribution in [3.8, 4) is 22.6 Å². The highest BCUT2D eigenvalue weighted by atomic mass is 19.2. The van der Waals surface area contributed by atoms with Crippen LogP contribution in [0.15, 0.2) is 42.5 Å². The molecule has 3 nitrogen and oxygen atoms in total. The molecular weight excluding hydrogens is 558 g/mol. The van der Waals surface area contributed by atoms with Crippen LogP contribution in [0.4, 0.5) is 26.3 Å². The van der Waals surface area contributed by atoms with Crippen LogP contribution in [0.2, 0.25) is 0 Å². The summed E-state index contributed by atoms with van der Waals surface area (Å²) in [5.41, 5.74) is -0.204. The molecule has 0 bridgehead atoms. The van der Waals surface area contributed by atoms with Crippen LogP contribution in [-0.4, -0.2) is 19.3 Å². The van der Waals surface area contributed by atoms with Crippen LogP contribution >= 0.6 is 0 Å². The summed E-state index contributed by atoms with van der Waals surface area (Å²) in [5, 5.41) is 0. The summed E-state index contributed by atoms with van der Waals surface area (Å²) in [6.07, 6.45) is 5.57. The Balaban J connectivity index is 1.41. The molecule has 0 amide bonds. The van der Waals surface area contributed by atoms with E-state index in [9.17, 15) is 17.6 Å². The zero-order valence-corrected chi connectivity index (χ0v) is 23.7. The molecule has 3 aromatic rings. The smallest absolute Gasteiger partial charge is 0.201 e. The van der Waals surface area contributed by atoms with Crippen LogP contribution in [0, 0.1) is 34.9 Å². The van der Waals surface area contributed by atoms with Crippen LogP contribution in [0.1, 0.15) is 69.9 Å². The first-order valence-corrected chi connectivity index (χ1v) is 14.3. The van der Waals surface area contributed by atoms with E-state index in [4.69, 9.17) is 14.2 Å². The minimum Gasteiger partial charge on any atom is -0.490 e. The van der Waals surface area contributed by atoms with Crippen molar-refractivity contribution in [3.63, 3.8) is 0 Å². The highest BCUT2D eigenvalue weighted by molar-refractivity contribution is 5.72. The molecule has 0 radical (unpaired) electrons. The van der Waals surface area contributed by atoms with Crippen molar-refractivity contribution in [3.05, 3.63) is 88.5 Å². The standard InChI is InChI=1S/C33H34F6O3/c1-3-5-17-40-26-15-9-21(28(34)32(26)38)19-42-22-10-7-20(8-11-22)23-12-13-24(30(36)29(23)35)25-14-16-27(33(39)31(25)37)41-18-6-4-2/h7,9,12-16,22H,3-6,8,10-11,17-19H2,1-2H3. The Bertz CT molecular complexity index is 1420. The average molecular weight is 593 g/mol. The third-order valence-corrected chi connectivity index (χ3v) is 7.24. The molecule has 1 atom stereocenters.